The van der Waals surface area contributed by atoms with E-state index in [1.165, 1.54) is 18.2 Å². The highest BCUT2D eigenvalue weighted by molar-refractivity contribution is 5.91. The molecule has 1 amide bonds. The van der Waals surface area contributed by atoms with Crippen molar-refractivity contribution in [3.8, 4) is 0 Å². The van der Waals surface area contributed by atoms with Crippen LogP contribution in [0.4, 0.5) is 10.3 Å². The molecule has 0 atom stereocenters. The molecule has 1 fully saturated rings. The summed E-state index contributed by atoms with van der Waals surface area (Å²) in [4.78, 5) is 22.8. The van der Waals surface area contributed by atoms with Gasteiger partial charge < -0.3 is 10.2 Å². The molecule has 5 nitrogen and oxygen atoms in total. The maximum Gasteiger partial charge on any atom is 0.244 e. The molecular formula is C18H19FN4O. The third-order valence-corrected chi connectivity index (χ3v) is 3.85. The molecule has 2 aromatic rings. The second-order valence-corrected chi connectivity index (χ2v) is 5.61. The first-order chi connectivity index (χ1) is 11.7. The van der Waals surface area contributed by atoms with Gasteiger partial charge >= 0.3 is 0 Å². The predicted octanol–water partition coefficient (Wildman–Crippen LogP) is 2.55. The van der Waals surface area contributed by atoms with Gasteiger partial charge in [-0.25, -0.2) is 14.4 Å². The number of benzene rings is 1. The van der Waals surface area contributed by atoms with Gasteiger partial charge in [-0.1, -0.05) is 18.2 Å². The molecule has 1 aromatic carbocycles. The second-order valence-electron chi connectivity index (χ2n) is 5.61. The van der Waals surface area contributed by atoms with Gasteiger partial charge in [-0.2, -0.15) is 0 Å². The average molecular weight is 326 g/mol. The first-order valence-corrected chi connectivity index (χ1v) is 8.00. The average Bonchev–Trinajstić information content (AvgIpc) is 3.14. The van der Waals surface area contributed by atoms with Gasteiger partial charge in [-0.05, 0) is 31.1 Å². The summed E-state index contributed by atoms with van der Waals surface area (Å²) in [6.07, 6.45) is 6.80. The molecule has 0 spiro atoms. The van der Waals surface area contributed by atoms with Crippen molar-refractivity contribution in [3.05, 3.63) is 59.7 Å². The Balaban J connectivity index is 1.56. The van der Waals surface area contributed by atoms with E-state index in [1.807, 2.05) is 0 Å². The zero-order valence-corrected chi connectivity index (χ0v) is 13.3. The number of rotatable bonds is 5. The summed E-state index contributed by atoms with van der Waals surface area (Å²) >= 11 is 0. The molecule has 0 radical (unpaired) electrons. The van der Waals surface area contributed by atoms with Crippen LogP contribution in [0.2, 0.25) is 0 Å². The summed E-state index contributed by atoms with van der Waals surface area (Å²) < 4.78 is 13.5. The van der Waals surface area contributed by atoms with E-state index in [9.17, 15) is 9.18 Å². The molecule has 0 aliphatic carbocycles. The molecule has 0 unspecified atom stereocenters. The van der Waals surface area contributed by atoms with Crippen LogP contribution in [0.3, 0.4) is 0 Å². The summed E-state index contributed by atoms with van der Waals surface area (Å²) in [6.45, 7) is 2.26. The first-order valence-electron chi connectivity index (χ1n) is 8.00. The maximum absolute atomic E-state index is 13.5. The minimum absolute atomic E-state index is 0.292. The van der Waals surface area contributed by atoms with Crippen LogP contribution >= 0.6 is 0 Å². The smallest absolute Gasteiger partial charge is 0.244 e. The number of amides is 1. The van der Waals surface area contributed by atoms with Crippen molar-refractivity contribution in [2.24, 2.45) is 0 Å². The number of carbonyl (C=O) groups excluding carboxylic acids is 1. The van der Waals surface area contributed by atoms with Crippen molar-refractivity contribution < 1.29 is 9.18 Å². The lowest BCUT2D eigenvalue weighted by Gasteiger charge is -2.15. The van der Waals surface area contributed by atoms with Crippen LogP contribution in [0.1, 0.15) is 24.1 Å². The molecular weight excluding hydrogens is 307 g/mol. The van der Waals surface area contributed by atoms with E-state index >= 15 is 0 Å². The molecule has 1 aromatic heterocycles. The molecule has 1 N–H and O–H groups in total. The zero-order valence-electron chi connectivity index (χ0n) is 13.3. The molecule has 6 heteroatoms. The Morgan fingerprint density at radius 3 is 2.83 bits per heavy atom. The lowest BCUT2D eigenvalue weighted by molar-refractivity contribution is -0.116. The quantitative estimate of drug-likeness (QED) is 0.858. The predicted molar refractivity (Wildman–Crippen MR) is 90.8 cm³/mol. The van der Waals surface area contributed by atoms with Gasteiger partial charge in [-0.3, -0.25) is 4.79 Å². The highest BCUT2D eigenvalue weighted by Crippen LogP contribution is 2.15. The van der Waals surface area contributed by atoms with E-state index in [4.69, 9.17) is 0 Å². The van der Waals surface area contributed by atoms with E-state index in [2.05, 4.69) is 20.2 Å². The molecule has 124 valence electrons. The maximum atomic E-state index is 13.5. The third-order valence-electron chi connectivity index (χ3n) is 3.85. The lowest BCUT2D eigenvalue weighted by atomic mass is 10.2. The number of aromatic nitrogens is 2. The fourth-order valence-corrected chi connectivity index (χ4v) is 2.56. The topological polar surface area (TPSA) is 58.1 Å². The number of carbonyl (C=O) groups is 1. The van der Waals surface area contributed by atoms with E-state index in [0.717, 1.165) is 31.6 Å². The van der Waals surface area contributed by atoms with Crippen LogP contribution < -0.4 is 10.2 Å². The number of hydrogen-bond donors (Lipinski definition) is 1. The molecule has 0 bridgehead atoms. The Morgan fingerprint density at radius 2 is 2.04 bits per heavy atom. The van der Waals surface area contributed by atoms with E-state index in [0.29, 0.717) is 18.1 Å². The van der Waals surface area contributed by atoms with Crippen LogP contribution in [0.25, 0.3) is 6.08 Å². The van der Waals surface area contributed by atoms with E-state index in [1.54, 1.807) is 30.5 Å². The largest absolute Gasteiger partial charge is 0.347 e. The Bertz CT molecular complexity index is 741. The van der Waals surface area contributed by atoms with Crippen molar-refractivity contribution >= 4 is 17.9 Å². The normalized spacial score (nSPS) is 14.3. The molecule has 1 aliphatic rings. The highest BCUT2D eigenvalue weighted by atomic mass is 19.1. The van der Waals surface area contributed by atoms with Crippen molar-refractivity contribution in [2.45, 2.75) is 19.4 Å². The van der Waals surface area contributed by atoms with Gasteiger partial charge in [0.15, 0.2) is 0 Å². The molecule has 1 aliphatic heterocycles. The summed E-state index contributed by atoms with van der Waals surface area (Å²) in [5.74, 6) is 0.0633. The Morgan fingerprint density at radius 1 is 1.25 bits per heavy atom. The van der Waals surface area contributed by atoms with Crippen LogP contribution in [0.5, 0.6) is 0 Å². The van der Waals surface area contributed by atoms with Gasteiger partial charge in [0.05, 0.1) is 12.2 Å². The minimum Gasteiger partial charge on any atom is -0.347 e. The molecule has 2 heterocycles. The SMILES string of the molecule is O=C(/C=C/c1ccccc1F)NCc1ccnc(N2CCCC2)n1. The fourth-order valence-electron chi connectivity index (χ4n) is 2.56. The Labute approximate surface area is 140 Å². The molecule has 0 saturated carbocycles. The first kappa shape index (κ1) is 16.1. The lowest BCUT2D eigenvalue weighted by Crippen LogP contribution is -2.23. The number of anilines is 1. The van der Waals surface area contributed by atoms with Crippen molar-refractivity contribution in [1.29, 1.82) is 0 Å². The summed E-state index contributed by atoms with van der Waals surface area (Å²) in [5.41, 5.74) is 1.13. The Kier molecular flexibility index (Phi) is 5.15. The zero-order chi connectivity index (χ0) is 16.8. The van der Waals surface area contributed by atoms with Crippen molar-refractivity contribution in [1.82, 2.24) is 15.3 Å². The van der Waals surface area contributed by atoms with E-state index in [-0.39, 0.29) is 11.7 Å². The van der Waals surface area contributed by atoms with Gasteiger partial charge in [0.1, 0.15) is 5.82 Å². The standard InChI is InChI=1S/C18H19FN4O/c19-16-6-2-1-5-14(16)7-8-17(24)21-13-15-9-10-20-18(22-15)23-11-3-4-12-23/h1-2,5-10H,3-4,11-13H2,(H,21,24)/b8-7+. The van der Waals surface area contributed by atoms with Crippen LogP contribution in [-0.2, 0) is 11.3 Å². The number of hydrogen-bond acceptors (Lipinski definition) is 4. The van der Waals surface area contributed by atoms with E-state index < -0.39 is 0 Å². The van der Waals surface area contributed by atoms with Crippen molar-refractivity contribution in [3.63, 3.8) is 0 Å². The summed E-state index contributed by atoms with van der Waals surface area (Å²) in [6, 6.07) is 8.09. The summed E-state index contributed by atoms with van der Waals surface area (Å²) in [7, 11) is 0. The fraction of sp³-hybridized carbons (Fsp3) is 0.278. The van der Waals surface area contributed by atoms with Crippen molar-refractivity contribution in [2.75, 3.05) is 18.0 Å². The highest BCUT2D eigenvalue weighted by Gasteiger charge is 2.14. The Hall–Kier alpha value is -2.76. The molecule has 24 heavy (non-hydrogen) atoms. The molecule has 3 rings (SSSR count). The monoisotopic (exact) mass is 326 g/mol. The van der Waals surface area contributed by atoms with Crippen LogP contribution in [-0.4, -0.2) is 29.0 Å². The van der Waals surface area contributed by atoms with Gasteiger partial charge in [0, 0.05) is 30.9 Å². The number of halogens is 1. The van der Waals surface area contributed by atoms with Crippen LogP contribution in [0, 0.1) is 5.82 Å². The van der Waals surface area contributed by atoms with Gasteiger partial charge in [0.2, 0.25) is 11.9 Å². The third kappa shape index (κ3) is 4.16. The minimum atomic E-state index is -0.354. The molecule has 1 saturated heterocycles. The number of nitrogens with zero attached hydrogens (tertiary/aromatic N) is 3. The second kappa shape index (κ2) is 7.68. The van der Waals surface area contributed by atoms with Gasteiger partial charge in [-0.15, -0.1) is 0 Å². The number of nitrogens with one attached hydrogen (secondary N) is 1. The van der Waals surface area contributed by atoms with Crippen LogP contribution in [0.15, 0.2) is 42.6 Å². The van der Waals surface area contributed by atoms with Gasteiger partial charge in [0.25, 0.3) is 0 Å². The summed E-state index contributed by atoms with van der Waals surface area (Å²) in [5, 5.41) is 2.75.